The van der Waals surface area contributed by atoms with Gasteiger partial charge in [-0.2, -0.15) is 4.31 Å². The quantitative estimate of drug-likeness (QED) is 0.767. The van der Waals surface area contributed by atoms with Gasteiger partial charge in [0.15, 0.2) is 0 Å². The summed E-state index contributed by atoms with van der Waals surface area (Å²) in [5.74, 6) is -0.0223. The Morgan fingerprint density at radius 3 is 2.61 bits per heavy atom. The van der Waals surface area contributed by atoms with Crippen molar-refractivity contribution in [1.82, 2.24) is 14.2 Å². The third kappa shape index (κ3) is 3.79. The van der Waals surface area contributed by atoms with E-state index >= 15 is 0 Å². The monoisotopic (exact) mass is 419 g/mol. The van der Waals surface area contributed by atoms with Crippen molar-refractivity contribution < 1.29 is 13.2 Å². The van der Waals surface area contributed by atoms with E-state index < -0.39 is 15.3 Å². The van der Waals surface area contributed by atoms with E-state index in [1.807, 2.05) is 12.1 Å². The summed E-state index contributed by atoms with van der Waals surface area (Å²) in [6.07, 6.45) is 4.54. The normalized spacial score (nSPS) is 24.5. The van der Waals surface area contributed by atoms with Gasteiger partial charge in [0.1, 0.15) is 0 Å². The Balaban J connectivity index is 1.45. The zero-order chi connectivity index (χ0) is 19.7. The first-order valence-electron chi connectivity index (χ1n) is 9.38. The maximum atomic E-state index is 13.1. The molecule has 2 atom stereocenters. The number of carbonyl (C=O) groups is 1. The van der Waals surface area contributed by atoms with Crippen molar-refractivity contribution in [2.24, 2.45) is 5.92 Å². The fraction of sp³-hybridized carbons (Fsp3) is 0.400. The van der Waals surface area contributed by atoms with E-state index in [-0.39, 0.29) is 11.8 Å². The maximum absolute atomic E-state index is 13.1. The first-order valence-corrected chi connectivity index (χ1v) is 11.3. The van der Waals surface area contributed by atoms with Crippen LogP contribution >= 0.6 is 11.6 Å². The molecule has 0 bridgehead atoms. The molecule has 1 aromatic carbocycles. The second-order valence-corrected chi connectivity index (χ2v) is 9.96. The molecule has 1 amide bonds. The average molecular weight is 420 g/mol. The van der Waals surface area contributed by atoms with Gasteiger partial charge in [0.25, 0.3) is 5.91 Å². The number of carbonyl (C=O) groups excluding carboxylic acids is 1. The van der Waals surface area contributed by atoms with E-state index in [0.29, 0.717) is 49.6 Å². The second-order valence-electron chi connectivity index (χ2n) is 7.37. The van der Waals surface area contributed by atoms with Gasteiger partial charge >= 0.3 is 0 Å². The van der Waals surface area contributed by atoms with Crippen molar-refractivity contribution in [3.05, 3.63) is 64.9 Å². The van der Waals surface area contributed by atoms with Gasteiger partial charge < -0.3 is 4.90 Å². The van der Waals surface area contributed by atoms with Crippen LogP contribution in [0.25, 0.3) is 0 Å². The number of benzene rings is 1. The van der Waals surface area contributed by atoms with Crippen LogP contribution in [0.2, 0.25) is 5.02 Å². The van der Waals surface area contributed by atoms with Crippen LogP contribution in [-0.2, 0) is 16.6 Å². The molecule has 0 saturated carbocycles. The number of hydrogen-bond acceptors (Lipinski definition) is 4. The van der Waals surface area contributed by atoms with Gasteiger partial charge in [0.05, 0.1) is 5.25 Å². The van der Waals surface area contributed by atoms with Crippen molar-refractivity contribution in [3.8, 4) is 0 Å². The first kappa shape index (κ1) is 19.4. The lowest BCUT2D eigenvalue weighted by Gasteiger charge is -2.22. The molecule has 2 aromatic rings. The summed E-state index contributed by atoms with van der Waals surface area (Å²) >= 11 is 5.90. The topological polar surface area (TPSA) is 70.6 Å². The third-order valence-corrected chi connectivity index (χ3v) is 8.26. The Hall–Kier alpha value is -1.96. The van der Waals surface area contributed by atoms with Crippen LogP contribution in [-0.4, -0.2) is 53.4 Å². The fourth-order valence-corrected chi connectivity index (χ4v) is 6.47. The predicted octanol–water partition coefficient (Wildman–Crippen LogP) is 2.80. The molecule has 3 heterocycles. The number of fused-ring (bicyclic) bond motifs is 1. The van der Waals surface area contributed by atoms with Crippen LogP contribution in [0.3, 0.4) is 0 Å². The molecular formula is C20H22ClN3O3S. The van der Waals surface area contributed by atoms with Crippen LogP contribution in [0.4, 0.5) is 0 Å². The van der Waals surface area contributed by atoms with Crippen LogP contribution in [0, 0.1) is 5.92 Å². The molecule has 1 aromatic heterocycles. The molecule has 2 saturated heterocycles. The first-order chi connectivity index (χ1) is 13.4. The zero-order valence-electron chi connectivity index (χ0n) is 15.4. The summed E-state index contributed by atoms with van der Waals surface area (Å²) < 4.78 is 27.7. The molecule has 0 spiro atoms. The number of nitrogens with zero attached hydrogens (tertiary/aromatic N) is 3. The van der Waals surface area contributed by atoms with E-state index in [1.165, 1.54) is 0 Å². The van der Waals surface area contributed by atoms with Crippen LogP contribution in [0.1, 0.15) is 28.8 Å². The van der Waals surface area contributed by atoms with Crippen molar-refractivity contribution in [3.63, 3.8) is 0 Å². The van der Waals surface area contributed by atoms with E-state index in [0.717, 1.165) is 5.56 Å². The Morgan fingerprint density at radius 1 is 1.14 bits per heavy atom. The number of aromatic nitrogens is 1. The Bertz CT molecular complexity index is 950. The lowest BCUT2D eigenvalue weighted by molar-refractivity contribution is 0.0759. The van der Waals surface area contributed by atoms with Crippen LogP contribution < -0.4 is 0 Å². The van der Waals surface area contributed by atoms with Gasteiger partial charge in [-0.15, -0.1) is 0 Å². The molecule has 8 heteroatoms. The minimum atomic E-state index is -3.38. The summed E-state index contributed by atoms with van der Waals surface area (Å²) in [7, 11) is -3.38. The van der Waals surface area contributed by atoms with E-state index in [1.54, 1.807) is 45.9 Å². The number of amides is 1. The standard InChI is InChI=1S/C20H22ClN3O3S/c21-18-5-3-16(4-6-18)20(25)23-10-7-17-14-24(13-15-2-1-9-22-12-15)28(26,27)19(17)8-11-23/h1-6,9,12,17,19H,7-8,10-11,13-14H2/t17-,19-/m1/s1. The second kappa shape index (κ2) is 7.81. The Kier molecular flexibility index (Phi) is 5.40. The predicted molar refractivity (Wildman–Crippen MR) is 107 cm³/mol. The van der Waals surface area contributed by atoms with Crippen molar-refractivity contribution in [1.29, 1.82) is 0 Å². The molecule has 6 nitrogen and oxygen atoms in total. The minimum Gasteiger partial charge on any atom is -0.339 e. The Morgan fingerprint density at radius 2 is 1.89 bits per heavy atom. The summed E-state index contributed by atoms with van der Waals surface area (Å²) in [5, 5.41) is 0.161. The summed E-state index contributed by atoms with van der Waals surface area (Å²) in [6, 6.07) is 10.5. The molecule has 2 aliphatic heterocycles. The van der Waals surface area contributed by atoms with Crippen LogP contribution in [0.15, 0.2) is 48.8 Å². The maximum Gasteiger partial charge on any atom is 0.253 e. The number of sulfonamides is 1. The number of hydrogen-bond donors (Lipinski definition) is 0. The van der Waals surface area contributed by atoms with Gasteiger partial charge in [0, 0.05) is 49.2 Å². The summed E-state index contributed by atoms with van der Waals surface area (Å²) in [6.45, 7) is 1.88. The molecule has 148 valence electrons. The van der Waals surface area contributed by atoms with Crippen molar-refractivity contribution >= 4 is 27.5 Å². The number of pyridine rings is 1. The van der Waals surface area contributed by atoms with Gasteiger partial charge in [-0.1, -0.05) is 17.7 Å². The lowest BCUT2D eigenvalue weighted by Crippen LogP contribution is -2.34. The van der Waals surface area contributed by atoms with E-state index in [4.69, 9.17) is 11.6 Å². The molecule has 0 radical (unpaired) electrons. The highest BCUT2D eigenvalue weighted by atomic mass is 35.5. The van der Waals surface area contributed by atoms with Gasteiger partial charge in [0.2, 0.25) is 10.0 Å². The highest BCUT2D eigenvalue weighted by Gasteiger charge is 2.47. The molecule has 0 aliphatic carbocycles. The largest absolute Gasteiger partial charge is 0.339 e. The molecule has 0 unspecified atom stereocenters. The molecule has 0 N–H and O–H groups in total. The molecule has 2 aliphatic rings. The fourth-order valence-electron chi connectivity index (χ4n) is 4.12. The van der Waals surface area contributed by atoms with E-state index in [2.05, 4.69) is 4.98 Å². The summed E-state index contributed by atoms with van der Waals surface area (Å²) in [4.78, 5) is 18.6. The van der Waals surface area contributed by atoms with Gasteiger partial charge in [-0.25, -0.2) is 8.42 Å². The highest BCUT2D eigenvalue weighted by molar-refractivity contribution is 7.90. The number of rotatable bonds is 3. The SMILES string of the molecule is O=C(c1ccc(Cl)cc1)N1CC[C@@H]2CN(Cc3cccnc3)S(=O)(=O)[C@@H]2CC1. The number of halogens is 1. The van der Waals surface area contributed by atoms with Gasteiger partial charge in [-0.05, 0) is 54.7 Å². The molecular weight excluding hydrogens is 398 g/mol. The average Bonchev–Trinajstić information content (AvgIpc) is 2.84. The molecule has 28 heavy (non-hydrogen) atoms. The lowest BCUT2D eigenvalue weighted by atomic mass is 10.0. The summed E-state index contributed by atoms with van der Waals surface area (Å²) in [5.41, 5.74) is 1.47. The minimum absolute atomic E-state index is 0.0460. The van der Waals surface area contributed by atoms with Gasteiger partial charge in [-0.3, -0.25) is 9.78 Å². The van der Waals surface area contributed by atoms with E-state index in [9.17, 15) is 13.2 Å². The highest BCUT2D eigenvalue weighted by Crippen LogP contribution is 2.35. The Labute approximate surface area is 170 Å². The molecule has 4 rings (SSSR count). The van der Waals surface area contributed by atoms with Crippen molar-refractivity contribution in [2.75, 3.05) is 19.6 Å². The zero-order valence-corrected chi connectivity index (χ0v) is 16.9. The smallest absolute Gasteiger partial charge is 0.253 e. The third-order valence-electron chi connectivity index (χ3n) is 5.62. The number of likely N-dealkylation sites (tertiary alicyclic amines) is 1. The van der Waals surface area contributed by atoms with Crippen molar-refractivity contribution in [2.45, 2.75) is 24.6 Å². The van der Waals surface area contributed by atoms with Crippen LogP contribution in [0.5, 0.6) is 0 Å². The molecule has 2 fully saturated rings.